The quantitative estimate of drug-likeness (QED) is 0.783. The minimum Gasteiger partial charge on any atom is -0.339 e. The lowest BCUT2D eigenvalue weighted by molar-refractivity contribution is -0.137. The minimum absolute atomic E-state index is 0.0227. The zero-order valence-corrected chi connectivity index (χ0v) is 13.5. The Labute approximate surface area is 123 Å². The summed E-state index contributed by atoms with van der Waals surface area (Å²) in [4.78, 5) is 19.1. The standard InChI is InChI=1S/C15H30N4O/c1-13(14(20)19-10-8-16-9-11-19)18(4)12-15(17(2)3)6-5-7-15/h13,16H,5-12H2,1-4H3. The highest BCUT2D eigenvalue weighted by atomic mass is 16.2. The van der Waals surface area contributed by atoms with Gasteiger partial charge in [0.2, 0.25) is 5.91 Å². The molecule has 0 spiro atoms. The van der Waals surface area contributed by atoms with Crippen molar-refractivity contribution in [3.05, 3.63) is 0 Å². The molecule has 1 heterocycles. The van der Waals surface area contributed by atoms with Crippen molar-refractivity contribution in [3.8, 4) is 0 Å². The zero-order valence-electron chi connectivity index (χ0n) is 13.5. The first-order chi connectivity index (χ1) is 9.46. The van der Waals surface area contributed by atoms with Gasteiger partial charge in [0, 0.05) is 38.3 Å². The molecule has 1 saturated carbocycles. The van der Waals surface area contributed by atoms with Crippen LogP contribution >= 0.6 is 0 Å². The molecule has 1 aliphatic heterocycles. The molecule has 1 aliphatic carbocycles. The summed E-state index contributed by atoms with van der Waals surface area (Å²) in [7, 11) is 6.42. The number of carbonyl (C=O) groups is 1. The number of nitrogens with zero attached hydrogens (tertiary/aromatic N) is 3. The average Bonchev–Trinajstić information content (AvgIpc) is 2.41. The number of likely N-dealkylation sites (N-methyl/N-ethyl adjacent to an activating group) is 2. The van der Waals surface area contributed by atoms with Crippen LogP contribution in [0.15, 0.2) is 0 Å². The van der Waals surface area contributed by atoms with Crippen LogP contribution < -0.4 is 5.32 Å². The Morgan fingerprint density at radius 3 is 2.30 bits per heavy atom. The number of hydrogen-bond donors (Lipinski definition) is 1. The van der Waals surface area contributed by atoms with Crippen LogP contribution in [0.3, 0.4) is 0 Å². The summed E-state index contributed by atoms with van der Waals surface area (Å²) < 4.78 is 0. The van der Waals surface area contributed by atoms with E-state index in [1.807, 2.05) is 11.8 Å². The number of rotatable bonds is 5. The maximum Gasteiger partial charge on any atom is 0.239 e. The van der Waals surface area contributed by atoms with Crippen molar-refractivity contribution in [3.63, 3.8) is 0 Å². The monoisotopic (exact) mass is 282 g/mol. The van der Waals surface area contributed by atoms with Crippen molar-refractivity contribution in [1.29, 1.82) is 0 Å². The summed E-state index contributed by atoms with van der Waals surface area (Å²) >= 11 is 0. The van der Waals surface area contributed by atoms with Gasteiger partial charge in [-0.15, -0.1) is 0 Å². The Bertz CT molecular complexity index is 335. The molecular weight excluding hydrogens is 252 g/mol. The second kappa shape index (κ2) is 6.41. The molecule has 1 N–H and O–H groups in total. The number of piperazine rings is 1. The van der Waals surface area contributed by atoms with Gasteiger partial charge in [-0.1, -0.05) is 0 Å². The molecule has 2 aliphatic rings. The molecule has 0 aromatic rings. The second-order valence-electron chi connectivity index (χ2n) is 6.64. The van der Waals surface area contributed by atoms with E-state index >= 15 is 0 Å². The summed E-state index contributed by atoms with van der Waals surface area (Å²) in [5.41, 5.74) is 0.284. The highest BCUT2D eigenvalue weighted by Gasteiger charge is 2.41. The lowest BCUT2D eigenvalue weighted by Crippen LogP contribution is -2.60. The Hall–Kier alpha value is -0.650. The lowest BCUT2D eigenvalue weighted by Gasteiger charge is -2.50. The molecule has 0 radical (unpaired) electrons. The molecule has 0 aromatic heterocycles. The van der Waals surface area contributed by atoms with E-state index < -0.39 is 0 Å². The molecule has 1 atom stereocenters. The topological polar surface area (TPSA) is 38.8 Å². The zero-order chi connectivity index (χ0) is 14.8. The fourth-order valence-corrected chi connectivity index (χ4v) is 3.27. The molecule has 2 fully saturated rings. The van der Waals surface area contributed by atoms with Gasteiger partial charge in [0.05, 0.1) is 6.04 Å². The van der Waals surface area contributed by atoms with Gasteiger partial charge in [-0.25, -0.2) is 0 Å². The molecule has 5 heteroatoms. The van der Waals surface area contributed by atoms with Gasteiger partial charge in [0.25, 0.3) is 0 Å². The molecule has 2 rings (SSSR count). The number of carbonyl (C=O) groups excluding carboxylic acids is 1. The van der Waals surface area contributed by atoms with Gasteiger partial charge in [0.15, 0.2) is 0 Å². The SMILES string of the molecule is CC(C(=O)N1CCNCC1)N(C)CC1(N(C)C)CCC1. The lowest BCUT2D eigenvalue weighted by atomic mass is 9.75. The molecule has 0 bridgehead atoms. The van der Waals surface area contributed by atoms with Gasteiger partial charge in [-0.2, -0.15) is 0 Å². The van der Waals surface area contributed by atoms with Gasteiger partial charge >= 0.3 is 0 Å². The van der Waals surface area contributed by atoms with E-state index in [1.54, 1.807) is 0 Å². The van der Waals surface area contributed by atoms with E-state index in [1.165, 1.54) is 19.3 Å². The van der Waals surface area contributed by atoms with Crippen molar-refractivity contribution in [2.24, 2.45) is 0 Å². The maximum atomic E-state index is 12.5. The first-order valence-corrected chi connectivity index (χ1v) is 7.83. The van der Waals surface area contributed by atoms with Gasteiger partial charge in [-0.3, -0.25) is 9.69 Å². The van der Waals surface area contributed by atoms with Crippen molar-refractivity contribution in [1.82, 2.24) is 20.0 Å². The van der Waals surface area contributed by atoms with Crippen LogP contribution in [0, 0.1) is 0 Å². The Morgan fingerprint density at radius 2 is 1.85 bits per heavy atom. The predicted octanol–water partition coefficient (Wildman–Crippen LogP) is 0.223. The van der Waals surface area contributed by atoms with Crippen LogP contribution in [0.1, 0.15) is 26.2 Å². The molecule has 0 aromatic carbocycles. The fraction of sp³-hybridized carbons (Fsp3) is 0.933. The third-order valence-electron chi connectivity index (χ3n) is 5.22. The van der Waals surface area contributed by atoms with Crippen LogP contribution in [0.4, 0.5) is 0 Å². The smallest absolute Gasteiger partial charge is 0.239 e. The molecule has 1 amide bonds. The molecule has 1 unspecified atom stereocenters. The molecular formula is C15H30N4O. The first-order valence-electron chi connectivity index (χ1n) is 7.83. The average molecular weight is 282 g/mol. The summed E-state index contributed by atoms with van der Waals surface area (Å²) in [6.45, 7) is 6.56. The van der Waals surface area contributed by atoms with Crippen molar-refractivity contribution in [2.45, 2.75) is 37.8 Å². The largest absolute Gasteiger partial charge is 0.339 e. The van der Waals surface area contributed by atoms with Crippen LogP contribution in [0.5, 0.6) is 0 Å². The summed E-state index contributed by atoms with van der Waals surface area (Å²) in [6, 6.07) is -0.0227. The van der Waals surface area contributed by atoms with Crippen molar-refractivity contribution in [2.75, 3.05) is 53.9 Å². The van der Waals surface area contributed by atoms with E-state index in [9.17, 15) is 4.79 Å². The second-order valence-corrected chi connectivity index (χ2v) is 6.64. The van der Waals surface area contributed by atoms with Gasteiger partial charge in [-0.05, 0) is 47.3 Å². The summed E-state index contributed by atoms with van der Waals surface area (Å²) in [5.74, 6) is 0.280. The predicted molar refractivity (Wildman–Crippen MR) is 81.8 cm³/mol. The van der Waals surface area contributed by atoms with Crippen LogP contribution in [0.25, 0.3) is 0 Å². The fourth-order valence-electron chi connectivity index (χ4n) is 3.27. The van der Waals surface area contributed by atoms with E-state index in [2.05, 4.69) is 36.3 Å². The normalized spacial score (nSPS) is 23.8. The summed E-state index contributed by atoms with van der Waals surface area (Å²) in [5, 5.41) is 3.30. The number of amides is 1. The van der Waals surface area contributed by atoms with E-state index in [-0.39, 0.29) is 17.5 Å². The Morgan fingerprint density at radius 1 is 1.25 bits per heavy atom. The van der Waals surface area contributed by atoms with E-state index in [0.29, 0.717) is 0 Å². The summed E-state index contributed by atoms with van der Waals surface area (Å²) in [6.07, 6.45) is 3.81. The Balaban J connectivity index is 1.90. The van der Waals surface area contributed by atoms with E-state index in [0.717, 1.165) is 32.7 Å². The maximum absolute atomic E-state index is 12.5. The van der Waals surface area contributed by atoms with Crippen LogP contribution in [-0.2, 0) is 4.79 Å². The highest BCUT2D eigenvalue weighted by molar-refractivity contribution is 5.81. The van der Waals surface area contributed by atoms with Crippen molar-refractivity contribution >= 4 is 5.91 Å². The number of hydrogen-bond acceptors (Lipinski definition) is 4. The van der Waals surface area contributed by atoms with E-state index in [4.69, 9.17) is 0 Å². The Kier molecular flexibility index (Phi) is 5.04. The first kappa shape index (κ1) is 15.7. The van der Waals surface area contributed by atoms with Crippen LogP contribution in [0.2, 0.25) is 0 Å². The minimum atomic E-state index is -0.0227. The molecule has 116 valence electrons. The third-order valence-corrected chi connectivity index (χ3v) is 5.22. The van der Waals surface area contributed by atoms with Crippen LogP contribution in [-0.4, -0.2) is 86.1 Å². The third kappa shape index (κ3) is 3.15. The highest BCUT2D eigenvalue weighted by Crippen LogP contribution is 2.36. The molecule has 20 heavy (non-hydrogen) atoms. The molecule has 1 saturated heterocycles. The number of nitrogens with one attached hydrogen (secondary N) is 1. The molecule has 5 nitrogen and oxygen atoms in total. The van der Waals surface area contributed by atoms with Gasteiger partial charge in [0.1, 0.15) is 0 Å². The van der Waals surface area contributed by atoms with Gasteiger partial charge < -0.3 is 15.1 Å². The van der Waals surface area contributed by atoms with Crippen molar-refractivity contribution < 1.29 is 4.79 Å².